The van der Waals surface area contributed by atoms with Crippen LogP contribution in [0, 0.1) is 5.92 Å². The van der Waals surface area contributed by atoms with Crippen LogP contribution >= 0.6 is 0 Å². The molecule has 31 heavy (non-hydrogen) atoms. The molecule has 4 rings (SSSR count). The van der Waals surface area contributed by atoms with Crippen molar-refractivity contribution < 1.29 is 9.53 Å². The van der Waals surface area contributed by atoms with E-state index in [4.69, 9.17) is 9.72 Å². The Bertz CT molecular complexity index is 985. The predicted molar refractivity (Wildman–Crippen MR) is 119 cm³/mol. The maximum atomic E-state index is 12.7. The smallest absolute Gasteiger partial charge is 0.254 e. The summed E-state index contributed by atoms with van der Waals surface area (Å²) in [6, 6.07) is 8.10. The van der Waals surface area contributed by atoms with E-state index in [1.807, 2.05) is 30.9 Å². The molecule has 7 heteroatoms. The number of carbonyl (C=O) groups is 1. The Morgan fingerprint density at radius 2 is 2.06 bits per heavy atom. The van der Waals surface area contributed by atoms with Crippen molar-refractivity contribution in [2.75, 3.05) is 26.7 Å². The fourth-order valence-corrected chi connectivity index (χ4v) is 4.50. The number of rotatable bonds is 6. The predicted octanol–water partition coefficient (Wildman–Crippen LogP) is 2.70. The second-order valence-corrected chi connectivity index (χ2v) is 8.76. The van der Waals surface area contributed by atoms with E-state index >= 15 is 0 Å². The first-order valence-corrected chi connectivity index (χ1v) is 11.2. The van der Waals surface area contributed by atoms with Gasteiger partial charge in [-0.3, -0.25) is 14.5 Å². The van der Waals surface area contributed by atoms with Crippen LogP contribution in [0.2, 0.25) is 0 Å². The SMILES string of the molecule is CC[C@@H](C)C(=O)N1CC[C@H](c2nc3c(c(=O)[nH]2)CCN(Cc2ccc(OC)cc2)C3)C1. The van der Waals surface area contributed by atoms with Crippen molar-refractivity contribution in [1.82, 2.24) is 19.8 Å². The molecular formula is C24H32N4O3. The molecule has 2 aromatic rings. The molecule has 0 aliphatic carbocycles. The lowest BCUT2D eigenvalue weighted by Gasteiger charge is -2.28. The lowest BCUT2D eigenvalue weighted by Crippen LogP contribution is -2.36. The molecule has 7 nitrogen and oxygen atoms in total. The first-order valence-electron chi connectivity index (χ1n) is 11.2. The molecule has 1 aromatic heterocycles. The van der Waals surface area contributed by atoms with Crippen molar-refractivity contribution in [3.63, 3.8) is 0 Å². The van der Waals surface area contributed by atoms with Crippen LogP contribution in [-0.2, 0) is 24.3 Å². The van der Waals surface area contributed by atoms with Crippen molar-refractivity contribution in [2.24, 2.45) is 5.92 Å². The summed E-state index contributed by atoms with van der Waals surface area (Å²) >= 11 is 0. The van der Waals surface area contributed by atoms with Crippen LogP contribution in [0.3, 0.4) is 0 Å². The largest absolute Gasteiger partial charge is 0.497 e. The molecule has 1 aromatic carbocycles. The fraction of sp³-hybridized carbons (Fsp3) is 0.542. The molecular weight excluding hydrogens is 392 g/mol. The fourth-order valence-electron chi connectivity index (χ4n) is 4.50. The van der Waals surface area contributed by atoms with Gasteiger partial charge in [0.1, 0.15) is 11.6 Å². The van der Waals surface area contributed by atoms with Crippen molar-refractivity contribution in [3.05, 3.63) is 57.3 Å². The maximum absolute atomic E-state index is 12.7. The van der Waals surface area contributed by atoms with Gasteiger partial charge in [0.05, 0.1) is 12.8 Å². The van der Waals surface area contributed by atoms with E-state index in [0.717, 1.165) is 55.3 Å². The number of benzene rings is 1. The van der Waals surface area contributed by atoms with Gasteiger partial charge < -0.3 is 14.6 Å². The minimum absolute atomic E-state index is 0.0178. The van der Waals surface area contributed by atoms with Crippen molar-refractivity contribution >= 4 is 5.91 Å². The number of aromatic amines is 1. The van der Waals surface area contributed by atoms with Gasteiger partial charge in [0.15, 0.2) is 0 Å². The summed E-state index contributed by atoms with van der Waals surface area (Å²) in [5.74, 6) is 1.93. The van der Waals surface area contributed by atoms with Gasteiger partial charge in [-0.05, 0) is 37.0 Å². The van der Waals surface area contributed by atoms with Gasteiger partial charge in [-0.2, -0.15) is 0 Å². The number of fused-ring (bicyclic) bond motifs is 1. The monoisotopic (exact) mass is 424 g/mol. The normalized spacial score (nSPS) is 19.8. The molecule has 2 aliphatic rings. The zero-order valence-corrected chi connectivity index (χ0v) is 18.7. The second-order valence-electron chi connectivity index (χ2n) is 8.76. The van der Waals surface area contributed by atoms with Crippen LogP contribution in [0.4, 0.5) is 0 Å². The number of H-pyrrole nitrogens is 1. The zero-order valence-electron chi connectivity index (χ0n) is 18.7. The van der Waals surface area contributed by atoms with Crippen LogP contribution < -0.4 is 10.3 Å². The average Bonchev–Trinajstić information content (AvgIpc) is 3.28. The van der Waals surface area contributed by atoms with Crippen LogP contribution in [0.25, 0.3) is 0 Å². The van der Waals surface area contributed by atoms with Crippen LogP contribution in [0.15, 0.2) is 29.1 Å². The van der Waals surface area contributed by atoms with Gasteiger partial charge in [-0.1, -0.05) is 26.0 Å². The highest BCUT2D eigenvalue weighted by Crippen LogP contribution is 2.27. The zero-order chi connectivity index (χ0) is 22.0. The van der Waals surface area contributed by atoms with Gasteiger partial charge in [-0.15, -0.1) is 0 Å². The summed E-state index contributed by atoms with van der Waals surface area (Å²) in [5.41, 5.74) is 2.88. The highest BCUT2D eigenvalue weighted by molar-refractivity contribution is 5.78. The minimum atomic E-state index is -0.0178. The molecule has 0 unspecified atom stereocenters. The Labute approximate surface area is 183 Å². The third-order valence-electron chi connectivity index (χ3n) is 6.66. The first-order chi connectivity index (χ1) is 15.0. The van der Waals surface area contributed by atoms with Gasteiger partial charge in [-0.25, -0.2) is 4.98 Å². The summed E-state index contributed by atoms with van der Waals surface area (Å²) in [6.07, 6.45) is 2.40. The Kier molecular flexibility index (Phi) is 6.41. The number of carbonyl (C=O) groups excluding carboxylic acids is 1. The van der Waals surface area contributed by atoms with E-state index in [1.54, 1.807) is 7.11 Å². The summed E-state index contributed by atoms with van der Waals surface area (Å²) in [6.45, 7) is 7.71. The molecule has 1 N–H and O–H groups in total. The summed E-state index contributed by atoms with van der Waals surface area (Å²) in [7, 11) is 1.67. The van der Waals surface area contributed by atoms with Gasteiger partial charge in [0.25, 0.3) is 5.56 Å². The molecule has 2 atom stereocenters. The highest BCUT2D eigenvalue weighted by Gasteiger charge is 2.32. The first kappa shape index (κ1) is 21.6. The molecule has 0 bridgehead atoms. The number of nitrogens with zero attached hydrogens (tertiary/aromatic N) is 3. The van der Waals surface area contributed by atoms with Crippen LogP contribution in [0.1, 0.15) is 55.3 Å². The molecule has 2 aliphatic heterocycles. The maximum Gasteiger partial charge on any atom is 0.254 e. The summed E-state index contributed by atoms with van der Waals surface area (Å²) in [4.78, 5) is 37.4. The Morgan fingerprint density at radius 1 is 1.29 bits per heavy atom. The minimum Gasteiger partial charge on any atom is -0.497 e. The Balaban J connectivity index is 1.46. The number of hydrogen-bond donors (Lipinski definition) is 1. The number of nitrogens with one attached hydrogen (secondary N) is 1. The number of ether oxygens (including phenoxy) is 1. The van der Waals surface area contributed by atoms with Crippen LogP contribution in [-0.4, -0.2) is 52.4 Å². The van der Waals surface area contributed by atoms with Gasteiger partial charge >= 0.3 is 0 Å². The van der Waals surface area contributed by atoms with Gasteiger partial charge in [0.2, 0.25) is 5.91 Å². The van der Waals surface area contributed by atoms with Crippen molar-refractivity contribution in [3.8, 4) is 5.75 Å². The van der Waals surface area contributed by atoms with Crippen molar-refractivity contribution in [1.29, 1.82) is 0 Å². The van der Waals surface area contributed by atoms with E-state index in [-0.39, 0.29) is 23.3 Å². The summed E-state index contributed by atoms with van der Waals surface area (Å²) in [5, 5.41) is 0. The van der Waals surface area contributed by atoms with E-state index in [9.17, 15) is 9.59 Å². The quantitative estimate of drug-likeness (QED) is 0.771. The molecule has 166 valence electrons. The molecule has 1 saturated heterocycles. The third kappa shape index (κ3) is 4.66. The second kappa shape index (κ2) is 9.22. The lowest BCUT2D eigenvalue weighted by molar-refractivity contribution is -0.134. The standard InChI is InChI=1S/C24H32N4O3/c1-4-16(2)24(30)28-12-9-18(14-28)22-25-21-15-27(11-10-20(21)23(29)26-22)13-17-5-7-19(31-3)8-6-17/h5-8,16,18H,4,9-15H2,1-3H3,(H,25,26,29)/t16-,18+/m1/s1. The van der Waals surface area contributed by atoms with Crippen LogP contribution in [0.5, 0.6) is 5.75 Å². The Hall–Kier alpha value is -2.67. The van der Waals surface area contributed by atoms with Crippen molar-refractivity contribution in [2.45, 2.75) is 52.1 Å². The topological polar surface area (TPSA) is 78.5 Å². The molecule has 1 fully saturated rings. The number of methoxy groups -OCH3 is 1. The summed E-state index contributed by atoms with van der Waals surface area (Å²) < 4.78 is 5.24. The van der Waals surface area contributed by atoms with E-state index in [0.29, 0.717) is 19.5 Å². The number of amides is 1. The lowest BCUT2D eigenvalue weighted by atomic mass is 10.0. The van der Waals surface area contributed by atoms with E-state index < -0.39 is 0 Å². The molecule has 0 radical (unpaired) electrons. The molecule has 3 heterocycles. The third-order valence-corrected chi connectivity index (χ3v) is 6.66. The Morgan fingerprint density at radius 3 is 2.77 bits per heavy atom. The highest BCUT2D eigenvalue weighted by atomic mass is 16.5. The molecule has 0 spiro atoms. The average molecular weight is 425 g/mol. The van der Waals surface area contributed by atoms with E-state index in [2.05, 4.69) is 22.0 Å². The van der Waals surface area contributed by atoms with E-state index in [1.165, 1.54) is 5.56 Å². The molecule has 1 amide bonds. The number of hydrogen-bond acceptors (Lipinski definition) is 5. The molecule has 0 saturated carbocycles. The van der Waals surface area contributed by atoms with Gasteiger partial charge in [0, 0.05) is 50.1 Å². The number of likely N-dealkylation sites (tertiary alicyclic amines) is 1. The number of aromatic nitrogens is 2.